The predicted octanol–water partition coefficient (Wildman–Crippen LogP) is 3.18. The number of carbonyl (C=O) groups excluding carboxylic acids is 3. The summed E-state index contributed by atoms with van der Waals surface area (Å²) in [4.78, 5) is 56.8. The van der Waals surface area contributed by atoms with Crippen molar-refractivity contribution >= 4 is 34.5 Å². The first-order valence-electron chi connectivity index (χ1n) is 14.4. The van der Waals surface area contributed by atoms with Crippen LogP contribution in [-0.2, 0) is 19.2 Å². The van der Waals surface area contributed by atoms with Crippen molar-refractivity contribution in [1.82, 2.24) is 15.2 Å². The van der Waals surface area contributed by atoms with Crippen LogP contribution in [0.5, 0.6) is 11.5 Å². The number of aliphatic carboxylic acids is 1. The van der Waals surface area contributed by atoms with Gasteiger partial charge in [-0.25, -0.2) is 9.78 Å². The van der Waals surface area contributed by atoms with Gasteiger partial charge in [-0.3, -0.25) is 14.4 Å². The molecule has 0 aliphatic carbocycles. The van der Waals surface area contributed by atoms with Crippen LogP contribution in [0.15, 0.2) is 54.6 Å². The summed E-state index contributed by atoms with van der Waals surface area (Å²) in [7, 11) is 1.58. The minimum Gasteiger partial charge on any atom is -0.497 e. The molecule has 2 amide bonds. The summed E-state index contributed by atoms with van der Waals surface area (Å²) in [5.41, 5.74) is 8.41. The van der Waals surface area contributed by atoms with Crippen LogP contribution in [0.25, 0.3) is 22.2 Å². The Hall–Kier alpha value is -4.51. The summed E-state index contributed by atoms with van der Waals surface area (Å²) < 4.78 is 11.9. The Morgan fingerprint density at radius 1 is 1.12 bits per heavy atom. The number of pyridine rings is 1. The molecule has 2 aromatic carbocycles. The van der Waals surface area contributed by atoms with Gasteiger partial charge in [0.2, 0.25) is 11.8 Å². The van der Waals surface area contributed by atoms with E-state index in [4.69, 9.17) is 20.2 Å². The van der Waals surface area contributed by atoms with Crippen molar-refractivity contribution in [3.05, 3.63) is 54.6 Å². The van der Waals surface area contributed by atoms with E-state index in [9.17, 15) is 24.3 Å². The molecule has 0 radical (unpaired) electrons. The minimum atomic E-state index is -1.63. The number of nitrogens with zero attached hydrogens (tertiary/aromatic N) is 2. The van der Waals surface area contributed by atoms with Crippen molar-refractivity contribution in [2.24, 2.45) is 11.7 Å². The minimum absolute atomic E-state index is 0.0727. The maximum Gasteiger partial charge on any atom is 0.374 e. The van der Waals surface area contributed by atoms with Crippen LogP contribution in [0.4, 0.5) is 0 Å². The van der Waals surface area contributed by atoms with Crippen LogP contribution in [0.2, 0.25) is 0 Å². The van der Waals surface area contributed by atoms with Crippen molar-refractivity contribution < 1.29 is 33.8 Å². The zero-order chi connectivity index (χ0) is 31.3. The Morgan fingerprint density at radius 2 is 1.84 bits per heavy atom. The molecular weight excluding hydrogens is 552 g/mol. The van der Waals surface area contributed by atoms with E-state index in [1.54, 1.807) is 20.1 Å². The van der Waals surface area contributed by atoms with Crippen molar-refractivity contribution in [1.29, 1.82) is 0 Å². The number of carboxylic acids is 1. The lowest BCUT2D eigenvalue weighted by Gasteiger charge is -2.28. The van der Waals surface area contributed by atoms with E-state index in [1.165, 1.54) is 4.90 Å². The number of methoxy groups -OCH3 is 1. The summed E-state index contributed by atoms with van der Waals surface area (Å²) in [6.45, 7) is 5.48. The molecule has 1 unspecified atom stereocenters. The van der Waals surface area contributed by atoms with E-state index in [1.807, 2.05) is 62.4 Å². The van der Waals surface area contributed by atoms with E-state index in [-0.39, 0.29) is 25.3 Å². The van der Waals surface area contributed by atoms with E-state index in [2.05, 4.69) is 5.32 Å². The third kappa shape index (κ3) is 7.11. The predicted molar refractivity (Wildman–Crippen MR) is 161 cm³/mol. The van der Waals surface area contributed by atoms with E-state index in [0.29, 0.717) is 29.1 Å². The zero-order valence-electron chi connectivity index (χ0n) is 24.8. The molecule has 0 bridgehead atoms. The molecule has 43 heavy (non-hydrogen) atoms. The molecule has 3 aromatic rings. The largest absolute Gasteiger partial charge is 0.497 e. The average molecular weight is 591 g/mol. The lowest BCUT2D eigenvalue weighted by atomic mass is 10.0. The fourth-order valence-corrected chi connectivity index (χ4v) is 5.16. The number of hydrogen-bond acceptors (Lipinski definition) is 8. The Bertz CT molecular complexity index is 1490. The Kier molecular flexibility index (Phi) is 9.97. The Labute approximate surface area is 250 Å². The van der Waals surface area contributed by atoms with Gasteiger partial charge in [-0.2, -0.15) is 0 Å². The monoisotopic (exact) mass is 590 g/mol. The molecule has 228 valence electrons. The summed E-state index contributed by atoms with van der Waals surface area (Å²) in [6, 6.07) is 13.8. The average Bonchev–Trinajstić information content (AvgIpc) is 3.43. The summed E-state index contributed by atoms with van der Waals surface area (Å²) >= 11 is 0. The van der Waals surface area contributed by atoms with Gasteiger partial charge in [0.25, 0.3) is 5.78 Å². The third-order valence-electron chi connectivity index (χ3n) is 7.62. The first kappa shape index (κ1) is 31.4. The molecular formula is C32H38N4O7. The van der Waals surface area contributed by atoms with Crippen LogP contribution < -0.4 is 20.5 Å². The van der Waals surface area contributed by atoms with Gasteiger partial charge < -0.3 is 30.5 Å². The Balaban J connectivity index is 1.68. The second-order valence-electron chi connectivity index (χ2n) is 11.0. The molecule has 1 fully saturated rings. The molecule has 11 heteroatoms. The second kappa shape index (κ2) is 13.6. The maximum absolute atomic E-state index is 13.5. The fraction of sp³-hybridized carbons (Fsp3) is 0.406. The number of amides is 2. The van der Waals surface area contributed by atoms with Crippen molar-refractivity contribution in [2.45, 2.75) is 64.3 Å². The van der Waals surface area contributed by atoms with Crippen LogP contribution in [0, 0.1) is 5.92 Å². The molecule has 1 aliphatic heterocycles. The van der Waals surface area contributed by atoms with Gasteiger partial charge >= 0.3 is 5.97 Å². The zero-order valence-corrected chi connectivity index (χ0v) is 24.8. The number of rotatable bonds is 12. The quantitative estimate of drug-likeness (QED) is 0.269. The number of nitrogens with one attached hydrogen (secondary N) is 1. The number of likely N-dealkylation sites (tertiary alicyclic amines) is 1. The maximum atomic E-state index is 13.5. The molecule has 4 N–H and O–H groups in total. The molecule has 1 saturated heterocycles. The number of aromatic nitrogens is 1. The van der Waals surface area contributed by atoms with Crippen molar-refractivity contribution in [3.8, 4) is 22.8 Å². The molecule has 1 aliphatic rings. The molecule has 0 spiro atoms. The highest BCUT2D eigenvalue weighted by Gasteiger charge is 2.43. The van der Waals surface area contributed by atoms with Gasteiger partial charge in [-0.15, -0.1) is 0 Å². The number of benzene rings is 2. The van der Waals surface area contributed by atoms with Gasteiger partial charge in [-0.1, -0.05) is 57.5 Å². The van der Waals surface area contributed by atoms with E-state index < -0.39 is 47.8 Å². The number of ether oxygens (including phenoxy) is 2. The number of hydrogen-bond donors (Lipinski definition) is 3. The van der Waals surface area contributed by atoms with Crippen LogP contribution in [0.3, 0.4) is 0 Å². The van der Waals surface area contributed by atoms with Crippen molar-refractivity contribution in [2.75, 3.05) is 13.7 Å². The van der Waals surface area contributed by atoms with Crippen LogP contribution >= 0.6 is 0 Å². The van der Waals surface area contributed by atoms with Gasteiger partial charge in [-0.05, 0) is 24.5 Å². The standard InChI is InChI=1S/C32H38N4O7/c1-5-9-23(29(37)32(40)41)35-30(38)26-15-21(17-36(26)31(39)28(33)18(2)3)43-27-16-24(19-10-7-6-8-11-19)34-25-14-20(42-4)12-13-22(25)27/h6-8,10-14,16,18,21,23,26,28H,5,9,15,17,33H2,1-4H3,(H,35,38)(H,40,41)/t21-,23?,26+,28+/m1/s1. The van der Waals surface area contributed by atoms with E-state index >= 15 is 0 Å². The summed E-state index contributed by atoms with van der Waals surface area (Å²) in [5.74, 6) is -2.83. The van der Waals surface area contributed by atoms with Crippen LogP contribution in [-0.4, -0.2) is 76.4 Å². The molecule has 0 saturated carbocycles. The molecule has 4 atom stereocenters. The number of Topliss-reactive ketones (excluding diaryl/α,β-unsaturated/α-hetero) is 1. The molecule has 4 rings (SSSR count). The molecule has 11 nitrogen and oxygen atoms in total. The smallest absolute Gasteiger partial charge is 0.374 e. The highest BCUT2D eigenvalue weighted by molar-refractivity contribution is 6.35. The SMILES string of the molecule is CCCC(NC(=O)[C@@H]1C[C@@H](Oc2cc(-c3ccccc3)nc3cc(OC)ccc23)CN1C(=O)[C@@H](N)C(C)C)C(=O)C(=O)O. The lowest BCUT2D eigenvalue weighted by Crippen LogP contribution is -2.55. The van der Waals surface area contributed by atoms with Gasteiger partial charge in [0, 0.05) is 29.5 Å². The topological polar surface area (TPSA) is 161 Å². The lowest BCUT2D eigenvalue weighted by molar-refractivity contribution is -0.151. The number of ketones is 1. The first-order valence-corrected chi connectivity index (χ1v) is 14.4. The van der Waals surface area contributed by atoms with Gasteiger partial charge in [0.15, 0.2) is 0 Å². The van der Waals surface area contributed by atoms with E-state index in [0.717, 1.165) is 10.9 Å². The molecule has 1 aromatic heterocycles. The summed E-state index contributed by atoms with van der Waals surface area (Å²) in [5, 5.41) is 12.5. The van der Waals surface area contributed by atoms with Gasteiger partial charge in [0.1, 0.15) is 23.6 Å². The normalized spacial score (nSPS) is 17.9. The number of fused-ring (bicyclic) bond motifs is 1. The van der Waals surface area contributed by atoms with Gasteiger partial charge in [0.05, 0.1) is 36.9 Å². The third-order valence-corrected chi connectivity index (χ3v) is 7.62. The van der Waals surface area contributed by atoms with Crippen molar-refractivity contribution in [3.63, 3.8) is 0 Å². The number of carbonyl (C=O) groups is 4. The number of carboxylic acid groups (broad SMARTS) is 1. The Morgan fingerprint density at radius 3 is 2.47 bits per heavy atom. The highest BCUT2D eigenvalue weighted by atomic mass is 16.5. The molecule has 2 heterocycles. The first-order chi connectivity index (χ1) is 20.5. The summed E-state index contributed by atoms with van der Waals surface area (Å²) in [6.07, 6.45) is 0.140. The van der Waals surface area contributed by atoms with Crippen LogP contribution in [0.1, 0.15) is 40.0 Å². The fourth-order valence-electron chi connectivity index (χ4n) is 5.16. The number of nitrogens with two attached hydrogens (primary N) is 1. The highest BCUT2D eigenvalue weighted by Crippen LogP contribution is 2.34. The second-order valence-corrected chi connectivity index (χ2v) is 11.0.